The van der Waals surface area contributed by atoms with E-state index in [9.17, 15) is 0 Å². The second-order valence-electron chi connectivity index (χ2n) is 3.52. The third-order valence-electron chi connectivity index (χ3n) is 2.34. The van der Waals surface area contributed by atoms with Crippen molar-refractivity contribution < 1.29 is 2.85 Å². The van der Waals surface area contributed by atoms with Gasteiger partial charge in [-0.1, -0.05) is 35.0 Å². The molecule has 0 spiro atoms. The van der Waals surface area contributed by atoms with Gasteiger partial charge in [0.05, 0.1) is 0 Å². The van der Waals surface area contributed by atoms with Gasteiger partial charge in [-0.2, -0.15) is 0 Å². The van der Waals surface area contributed by atoms with E-state index in [1.165, 1.54) is 16.7 Å². The largest absolute Gasteiger partial charge is 2.00 e. The summed E-state index contributed by atoms with van der Waals surface area (Å²) in [7, 11) is 1.19. The molecule has 1 atom stereocenters. The Morgan fingerprint density at radius 2 is 1.85 bits per heavy atom. The van der Waals surface area contributed by atoms with E-state index in [1.807, 2.05) is 12.2 Å². The minimum atomic E-state index is 0. The smallest absolute Gasteiger partial charge is 1.00 e. The van der Waals surface area contributed by atoms with Crippen molar-refractivity contribution in [1.29, 1.82) is 0 Å². The number of halogens is 1. The minimum Gasteiger partial charge on any atom is -1.00 e. The fourth-order valence-corrected chi connectivity index (χ4v) is 2.85. The van der Waals surface area contributed by atoms with Gasteiger partial charge in [-0.15, -0.1) is 13.2 Å². The fourth-order valence-electron chi connectivity index (χ4n) is 1.49. The van der Waals surface area contributed by atoms with Gasteiger partial charge in [0.1, 0.15) is 0 Å². The topological polar surface area (TPSA) is 0 Å². The molecular formula is C10H21BrMgSi. The summed E-state index contributed by atoms with van der Waals surface area (Å²) < 4.78 is 0. The van der Waals surface area contributed by atoms with E-state index in [0.29, 0.717) is 9.87 Å². The standard InChI is InChI=1S/C10H19BrSi.Mg.2H/c1-4-7-10(12,8-5-2)9(11)6-3;;;/h4-5,9H,1-2,6-8H2,3,12H3;;;/q;+2;2*-1. The van der Waals surface area contributed by atoms with Crippen LogP contribution in [0.25, 0.3) is 0 Å². The van der Waals surface area contributed by atoms with Gasteiger partial charge in [0, 0.05) is 15.1 Å². The maximum absolute atomic E-state index is 3.81. The molecule has 0 amide bonds. The zero-order chi connectivity index (χ0) is 9.61. The molecule has 3 heteroatoms. The van der Waals surface area contributed by atoms with Crippen molar-refractivity contribution in [3.63, 3.8) is 0 Å². The summed E-state index contributed by atoms with van der Waals surface area (Å²) in [4.78, 5) is 0.618. The van der Waals surface area contributed by atoms with E-state index >= 15 is 0 Å². The second-order valence-corrected chi connectivity index (χ2v) is 6.61. The molecule has 0 saturated carbocycles. The molecule has 0 fully saturated rings. The number of alkyl halides is 1. The van der Waals surface area contributed by atoms with Crippen molar-refractivity contribution in [3.8, 4) is 0 Å². The van der Waals surface area contributed by atoms with Crippen molar-refractivity contribution in [2.24, 2.45) is 0 Å². The van der Waals surface area contributed by atoms with Crippen LogP contribution in [0.5, 0.6) is 0 Å². The molecule has 0 radical (unpaired) electrons. The van der Waals surface area contributed by atoms with Gasteiger partial charge in [0.15, 0.2) is 0 Å². The minimum absolute atomic E-state index is 0. The molecule has 0 aromatic rings. The third kappa shape index (κ3) is 5.40. The van der Waals surface area contributed by atoms with Crippen molar-refractivity contribution in [1.82, 2.24) is 0 Å². The van der Waals surface area contributed by atoms with Crippen molar-refractivity contribution >= 4 is 49.2 Å². The van der Waals surface area contributed by atoms with Gasteiger partial charge in [-0.05, 0) is 24.3 Å². The zero-order valence-electron chi connectivity index (χ0n) is 10.9. The predicted molar refractivity (Wildman–Crippen MR) is 73.2 cm³/mol. The van der Waals surface area contributed by atoms with Crippen LogP contribution in [0.1, 0.15) is 29.0 Å². The number of allylic oxidation sites excluding steroid dienone is 2. The molecule has 1 unspecified atom stereocenters. The molecule has 0 bridgehead atoms. The zero-order valence-corrected chi connectivity index (χ0v) is 13.9. The van der Waals surface area contributed by atoms with Crippen LogP contribution >= 0.6 is 15.9 Å². The average molecular weight is 274 g/mol. The molecule has 13 heavy (non-hydrogen) atoms. The Balaban J connectivity index is -0.000000202. The first kappa shape index (κ1) is 16.4. The average Bonchev–Trinajstić information content (AvgIpc) is 2.04. The van der Waals surface area contributed by atoms with Gasteiger partial charge in [-0.25, -0.2) is 0 Å². The van der Waals surface area contributed by atoms with Gasteiger partial charge >= 0.3 is 23.1 Å². The first-order valence-corrected chi connectivity index (χ1v) is 6.38. The Labute approximate surface area is 113 Å². The molecular weight excluding hydrogens is 252 g/mol. The number of rotatable bonds is 6. The summed E-state index contributed by atoms with van der Waals surface area (Å²) in [6.45, 7) is 9.84. The van der Waals surface area contributed by atoms with Crippen LogP contribution in [0.3, 0.4) is 0 Å². The Kier molecular flexibility index (Phi) is 10.4. The van der Waals surface area contributed by atoms with Crippen LogP contribution < -0.4 is 0 Å². The first-order valence-electron chi connectivity index (χ1n) is 4.46. The van der Waals surface area contributed by atoms with Crippen LogP contribution in [0, 0.1) is 0 Å². The fraction of sp³-hybridized carbons (Fsp3) is 0.600. The molecule has 74 valence electrons. The Morgan fingerprint density at radius 3 is 2.08 bits per heavy atom. The molecule has 0 aromatic carbocycles. The maximum atomic E-state index is 3.81. The van der Waals surface area contributed by atoms with E-state index < -0.39 is 0 Å². The summed E-state index contributed by atoms with van der Waals surface area (Å²) in [5.41, 5.74) is 0. The Morgan fingerprint density at radius 1 is 1.46 bits per heavy atom. The first-order chi connectivity index (χ1) is 5.60. The molecule has 0 N–H and O–H groups in total. The molecule has 0 aliphatic rings. The SMILES string of the molecule is C=CCC([SiH3])(CC=C)C(Br)CC.[H-].[H-].[Mg+2]. The summed E-state index contributed by atoms with van der Waals surface area (Å²) >= 11 is 3.74. The molecule has 0 aliphatic carbocycles. The quantitative estimate of drug-likeness (QED) is 0.396. The summed E-state index contributed by atoms with van der Waals surface area (Å²) in [5.74, 6) is 0. The Hall–Kier alpha value is 0.943. The molecule has 0 rings (SSSR count). The van der Waals surface area contributed by atoms with Crippen LogP contribution in [0.2, 0.25) is 5.04 Å². The van der Waals surface area contributed by atoms with Crippen LogP contribution in [0.15, 0.2) is 25.3 Å². The van der Waals surface area contributed by atoms with E-state index in [1.54, 1.807) is 0 Å². The number of hydrogen-bond donors (Lipinski definition) is 0. The van der Waals surface area contributed by atoms with E-state index in [-0.39, 0.29) is 25.9 Å². The van der Waals surface area contributed by atoms with Crippen LogP contribution in [-0.4, -0.2) is 38.1 Å². The van der Waals surface area contributed by atoms with Crippen molar-refractivity contribution in [2.75, 3.05) is 0 Å². The monoisotopic (exact) mass is 272 g/mol. The van der Waals surface area contributed by atoms with E-state index in [2.05, 4.69) is 36.0 Å². The summed E-state index contributed by atoms with van der Waals surface area (Å²) in [5, 5.41) is 0.429. The molecule has 0 heterocycles. The van der Waals surface area contributed by atoms with E-state index in [0.717, 1.165) is 12.8 Å². The molecule has 0 nitrogen and oxygen atoms in total. The summed E-state index contributed by atoms with van der Waals surface area (Å²) in [6, 6.07) is 0. The molecule has 0 saturated heterocycles. The normalized spacial score (nSPS) is 13.1. The Bertz CT molecular complexity index is 158. The second kappa shape index (κ2) is 8.27. The molecule has 0 aromatic heterocycles. The van der Waals surface area contributed by atoms with E-state index in [4.69, 9.17) is 0 Å². The third-order valence-corrected chi connectivity index (χ3v) is 6.45. The van der Waals surface area contributed by atoms with Crippen molar-refractivity contribution in [3.05, 3.63) is 25.3 Å². The van der Waals surface area contributed by atoms with Gasteiger partial charge in [-0.3, -0.25) is 0 Å². The van der Waals surface area contributed by atoms with Crippen LogP contribution in [-0.2, 0) is 0 Å². The number of hydrogen-bond acceptors (Lipinski definition) is 0. The summed E-state index contributed by atoms with van der Waals surface area (Å²) in [6.07, 6.45) is 7.45. The maximum Gasteiger partial charge on any atom is 2.00 e. The van der Waals surface area contributed by atoms with Gasteiger partial charge < -0.3 is 2.85 Å². The molecule has 0 aliphatic heterocycles. The van der Waals surface area contributed by atoms with Crippen molar-refractivity contribution in [2.45, 2.75) is 36.1 Å². The predicted octanol–water partition coefficient (Wildman–Crippen LogP) is 2.68. The van der Waals surface area contributed by atoms with Crippen LogP contribution in [0.4, 0.5) is 0 Å². The van der Waals surface area contributed by atoms with Gasteiger partial charge in [0.25, 0.3) is 0 Å². The van der Waals surface area contributed by atoms with Gasteiger partial charge in [0.2, 0.25) is 0 Å².